The zero-order valence-electron chi connectivity index (χ0n) is 15.1. The second-order valence-corrected chi connectivity index (χ2v) is 6.98. The highest BCUT2D eigenvalue weighted by Gasteiger charge is 2.10. The Morgan fingerprint density at radius 1 is 1.21 bits per heavy atom. The number of hydrogen-bond acceptors (Lipinski definition) is 6. The molecule has 0 saturated heterocycles. The van der Waals surface area contributed by atoms with Crippen LogP contribution in [0.1, 0.15) is 6.42 Å². The summed E-state index contributed by atoms with van der Waals surface area (Å²) < 4.78 is 7.23. The van der Waals surface area contributed by atoms with Gasteiger partial charge in [0, 0.05) is 24.4 Å². The van der Waals surface area contributed by atoms with Gasteiger partial charge < -0.3 is 4.74 Å². The van der Waals surface area contributed by atoms with Crippen molar-refractivity contribution in [3.63, 3.8) is 0 Å². The molecule has 28 heavy (non-hydrogen) atoms. The van der Waals surface area contributed by atoms with Gasteiger partial charge in [0.25, 0.3) is 11.2 Å². The lowest BCUT2D eigenvalue weighted by molar-refractivity contribution is -0.384. The highest BCUT2D eigenvalue weighted by Crippen LogP contribution is 2.20. The first kappa shape index (κ1) is 19.6. The molecule has 0 aliphatic rings. The van der Waals surface area contributed by atoms with Gasteiger partial charge in [-0.1, -0.05) is 30.0 Å². The lowest BCUT2D eigenvalue weighted by Gasteiger charge is -2.11. The molecule has 3 rings (SSSR count). The van der Waals surface area contributed by atoms with Crippen LogP contribution < -0.4 is 10.3 Å². The van der Waals surface area contributed by atoms with Crippen molar-refractivity contribution in [3.8, 4) is 5.75 Å². The maximum Gasteiger partial charge on any atom is 0.269 e. The second-order valence-electron chi connectivity index (χ2n) is 5.92. The first-order valence-corrected chi connectivity index (χ1v) is 9.69. The van der Waals surface area contributed by atoms with E-state index in [0.717, 1.165) is 12.2 Å². The first-order chi connectivity index (χ1) is 13.6. The predicted molar refractivity (Wildman–Crippen MR) is 110 cm³/mol. The fourth-order valence-electron chi connectivity index (χ4n) is 2.62. The van der Waals surface area contributed by atoms with Crippen LogP contribution in [-0.4, -0.2) is 26.8 Å². The van der Waals surface area contributed by atoms with Crippen molar-refractivity contribution in [1.82, 2.24) is 9.55 Å². The van der Waals surface area contributed by atoms with Crippen molar-refractivity contribution < 1.29 is 9.66 Å². The van der Waals surface area contributed by atoms with Crippen LogP contribution in [0, 0.1) is 10.1 Å². The van der Waals surface area contributed by atoms with Gasteiger partial charge >= 0.3 is 0 Å². The van der Waals surface area contributed by atoms with Gasteiger partial charge in [0.1, 0.15) is 5.75 Å². The van der Waals surface area contributed by atoms with E-state index in [2.05, 4.69) is 11.6 Å². The third kappa shape index (κ3) is 4.58. The van der Waals surface area contributed by atoms with E-state index < -0.39 is 4.92 Å². The fraction of sp³-hybridized carbons (Fsp3) is 0.200. The predicted octanol–water partition coefficient (Wildman–Crippen LogP) is 4.05. The van der Waals surface area contributed by atoms with Crippen molar-refractivity contribution in [3.05, 3.63) is 81.7 Å². The minimum atomic E-state index is -0.445. The average molecular weight is 397 g/mol. The lowest BCUT2D eigenvalue weighted by atomic mass is 10.2. The van der Waals surface area contributed by atoms with Crippen LogP contribution in [0.5, 0.6) is 5.75 Å². The summed E-state index contributed by atoms with van der Waals surface area (Å²) in [4.78, 5) is 27.5. The Morgan fingerprint density at radius 2 is 1.96 bits per heavy atom. The topological polar surface area (TPSA) is 87.3 Å². The largest absolute Gasteiger partial charge is 0.494 e. The molecule has 0 bridgehead atoms. The molecule has 7 nitrogen and oxygen atoms in total. The van der Waals surface area contributed by atoms with Crippen molar-refractivity contribution >= 4 is 28.4 Å². The van der Waals surface area contributed by atoms with Crippen LogP contribution in [0.2, 0.25) is 0 Å². The van der Waals surface area contributed by atoms with E-state index in [0.29, 0.717) is 35.0 Å². The van der Waals surface area contributed by atoms with Crippen molar-refractivity contribution in [2.45, 2.75) is 18.1 Å². The van der Waals surface area contributed by atoms with Crippen molar-refractivity contribution in [1.29, 1.82) is 0 Å². The van der Waals surface area contributed by atoms with Crippen LogP contribution >= 0.6 is 11.8 Å². The molecule has 0 amide bonds. The van der Waals surface area contributed by atoms with E-state index in [9.17, 15) is 14.9 Å². The number of fused-ring (bicyclic) bond motifs is 1. The highest BCUT2D eigenvalue weighted by molar-refractivity contribution is 7.99. The number of nitrogens with zero attached hydrogens (tertiary/aromatic N) is 3. The van der Waals surface area contributed by atoms with E-state index in [-0.39, 0.29) is 11.2 Å². The van der Waals surface area contributed by atoms with Gasteiger partial charge in [0.15, 0.2) is 5.16 Å². The van der Waals surface area contributed by atoms with Gasteiger partial charge in [-0.15, -0.1) is 6.58 Å². The summed E-state index contributed by atoms with van der Waals surface area (Å²) in [5, 5.41) is 11.9. The number of para-hydroxylation sites is 1. The summed E-state index contributed by atoms with van der Waals surface area (Å²) in [6.45, 7) is 4.58. The molecule has 1 aromatic heterocycles. The molecule has 0 spiro atoms. The molecule has 0 aliphatic heterocycles. The zero-order valence-corrected chi connectivity index (χ0v) is 15.9. The highest BCUT2D eigenvalue weighted by atomic mass is 32.2. The molecule has 0 atom stereocenters. The van der Waals surface area contributed by atoms with Crippen LogP contribution in [-0.2, 0) is 6.54 Å². The first-order valence-electron chi connectivity index (χ1n) is 8.70. The molecule has 2 aromatic carbocycles. The number of benzene rings is 2. The number of non-ortho nitro benzene ring substituents is 1. The maximum atomic E-state index is 12.7. The molecule has 0 fully saturated rings. The quantitative estimate of drug-likeness (QED) is 0.135. The molecule has 1 heterocycles. The Hall–Kier alpha value is -3.13. The smallest absolute Gasteiger partial charge is 0.269 e. The minimum Gasteiger partial charge on any atom is -0.494 e. The van der Waals surface area contributed by atoms with Crippen molar-refractivity contribution in [2.24, 2.45) is 0 Å². The molecule has 0 unspecified atom stereocenters. The number of nitro benzene ring substituents is 1. The third-order valence-corrected chi connectivity index (χ3v) is 5.04. The van der Waals surface area contributed by atoms with Crippen LogP contribution in [0.15, 0.2) is 71.1 Å². The van der Waals surface area contributed by atoms with Crippen LogP contribution in [0.4, 0.5) is 5.69 Å². The molecular weight excluding hydrogens is 378 g/mol. The average Bonchev–Trinajstić information content (AvgIpc) is 2.71. The Labute approximate surface area is 165 Å². The Balaban J connectivity index is 1.60. The fourth-order valence-corrected chi connectivity index (χ4v) is 3.55. The van der Waals surface area contributed by atoms with E-state index in [4.69, 9.17) is 4.74 Å². The number of ether oxygens (including phenoxy) is 1. The number of aromatic nitrogens is 2. The van der Waals surface area contributed by atoms with E-state index in [1.807, 2.05) is 18.2 Å². The van der Waals surface area contributed by atoms with Gasteiger partial charge in [-0.25, -0.2) is 4.98 Å². The summed E-state index contributed by atoms with van der Waals surface area (Å²) in [6.07, 6.45) is 2.41. The second kappa shape index (κ2) is 9.18. The molecule has 8 heteroatoms. The SMILES string of the molecule is C=CCn1c(SCCCOc2ccc([N+](=O)[O-])cc2)nc2ccccc2c1=O. The third-order valence-electron chi connectivity index (χ3n) is 3.97. The molecular formula is C20H19N3O4S. The van der Waals surface area contributed by atoms with Crippen LogP contribution in [0.3, 0.4) is 0 Å². The van der Waals surface area contributed by atoms with E-state index in [1.54, 1.807) is 28.8 Å². The van der Waals surface area contributed by atoms with Gasteiger partial charge in [0.05, 0.1) is 22.4 Å². The van der Waals surface area contributed by atoms with Gasteiger partial charge in [-0.3, -0.25) is 19.5 Å². The summed E-state index contributed by atoms with van der Waals surface area (Å²) in [5.41, 5.74) is 0.637. The van der Waals surface area contributed by atoms with Crippen molar-refractivity contribution in [2.75, 3.05) is 12.4 Å². The van der Waals surface area contributed by atoms with E-state index in [1.165, 1.54) is 23.9 Å². The maximum absolute atomic E-state index is 12.7. The number of allylic oxidation sites excluding steroid dienone is 1. The molecule has 0 N–H and O–H groups in total. The summed E-state index contributed by atoms with van der Waals surface area (Å²) in [5.74, 6) is 1.30. The molecule has 0 aliphatic carbocycles. The zero-order chi connectivity index (χ0) is 19.9. The Kier molecular flexibility index (Phi) is 6.44. The van der Waals surface area contributed by atoms with Gasteiger partial charge in [0.2, 0.25) is 0 Å². The van der Waals surface area contributed by atoms with Gasteiger partial charge in [-0.2, -0.15) is 0 Å². The van der Waals surface area contributed by atoms with Gasteiger partial charge in [-0.05, 0) is 30.7 Å². The Morgan fingerprint density at radius 3 is 2.68 bits per heavy atom. The van der Waals surface area contributed by atoms with Crippen LogP contribution in [0.25, 0.3) is 10.9 Å². The number of thioether (sulfide) groups is 1. The Bertz CT molecular complexity index is 1050. The molecule has 3 aromatic rings. The lowest BCUT2D eigenvalue weighted by Crippen LogP contribution is -2.22. The molecule has 0 radical (unpaired) electrons. The standard InChI is InChI=1S/C20H19N3O4S/c1-2-12-22-19(24)17-6-3-4-7-18(17)21-20(22)28-14-5-13-27-16-10-8-15(9-11-16)23(25)26/h2-4,6-11H,1,5,12-14H2. The molecule has 0 saturated carbocycles. The normalized spacial score (nSPS) is 10.7. The molecule has 144 valence electrons. The minimum absolute atomic E-state index is 0.0328. The summed E-state index contributed by atoms with van der Waals surface area (Å²) in [6, 6.07) is 13.3. The van der Waals surface area contributed by atoms with E-state index >= 15 is 0 Å². The summed E-state index contributed by atoms with van der Waals surface area (Å²) in [7, 11) is 0. The summed E-state index contributed by atoms with van der Waals surface area (Å²) >= 11 is 1.49. The number of nitro groups is 1. The number of hydrogen-bond donors (Lipinski definition) is 0. The number of rotatable bonds is 9. The monoisotopic (exact) mass is 397 g/mol.